The van der Waals surface area contributed by atoms with Crippen molar-refractivity contribution in [2.75, 3.05) is 0 Å². The third-order valence-corrected chi connectivity index (χ3v) is 4.47. The molecule has 0 heterocycles. The van der Waals surface area contributed by atoms with Crippen LogP contribution >= 0.6 is 0 Å². The molecule has 2 heteroatoms. The van der Waals surface area contributed by atoms with E-state index in [0.717, 1.165) is 22.3 Å². The number of carbonyl (C=O) groups excluding carboxylic acids is 1. The number of carbonyl (C=O) groups is 1. The lowest BCUT2D eigenvalue weighted by molar-refractivity contribution is -0.112. The van der Waals surface area contributed by atoms with Gasteiger partial charge in [0.1, 0.15) is 5.75 Å². The Morgan fingerprint density at radius 1 is 0.920 bits per heavy atom. The molecule has 0 atom stereocenters. The molecule has 0 saturated carbocycles. The van der Waals surface area contributed by atoms with Crippen molar-refractivity contribution in [1.29, 1.82) is 0 Å². The number of hydrogen-bond donors (Lipinski definition) is 1. The molecule has 0 unspecified atom stereocenters. The van der Waals surface area contributed by atoms with Crippen LogP contribution in [0.15, 0.2) is 41.0 Å². The van der Waals surface area contributed by atoms with Crippen LogP contribution in [0.4, 0.5) is 0 Å². The topological polar surface area (TPSA) is 37.3 Å². The summed E-state index contributed by atoms with van der Waals surface area (Å²) in [4.78, 5) is 12.9. The normalized spacial score (nSPS) is 17.6. The van der Waals surface area contributed by atoms with Crippen LogP contribution in [0.1, 0.15) is 65.2 Å². The van der Waals surface area contributed by atoms with Crippen molar-refractivity contribution in [2.24, 2.45) is 5.41 Å². The van der Waals surface area contributed by atoms with Gasteiger partial charge < -0.3 is 5.11 Å². The Morgan fingerprint density at radius 2 is 1.52 bits per heavy atom. The van der Waals surface area contributed by atoms with E-state index >= 15 is 0 Å². The molecule has 0 spiro atoms. The monoisotopic (exact) mass is 338 g/mol. The summed E-state index contributed by atoms with van der Waals surface area (Å²) in [6, 6.07) is 3.95. The van der Waals surface area contributed by atoms with Gasteiger partial charge in [0, 0.05) is 22.3 Å². The molecule has 0 aromatic heterocycles. The van der Waals surface area contributed by atoms with Gasteiger partial charge in [-0.3, -0.25) is 4.79 Å². The SMILES string of the molecule is CC1=CC(=Cc2cc(C)cc(C(C)(C)C)c2O)C(=O)C(C(C)(C)C)=C1. The van der Waals surface area contributed by atoms with E-state index in [4.69, 9.17) is 0 Å². The average Bonchev–Trinajstić information content (AvgIpc) is 2.43. The Hall–Kier alpha value is -2.09. The molecular weight excluding hydrogens is 308 g/mol. The second-order valence-electron chi connectivity index (χ2n) is 9.13. The Morgan fingerprint density at radius 3 is 2.04 bits per heavy atom. The van der Waals surface area contributed by atoms with Crippen LogP contribution in [-0.4, -0.2) is 10.9 Å². The van der Waals surface area contributed by atoms with E-state index < -0.39 is 0 Å². The first-order valence-electron chi connectivity index (χ1n) is 8.81. The molecule has 0 radical (unpaired) electrons. The molecule has 1 N–H and O–H groups in total. The quantitative estimate of drug-likeness (QED) is 0.649. The number of hydrogen-bond acceptors (Lipinski definition) is 2. The van der Waals surface area contributed by atoms with Crippen molar-refractivity contribution in [1.82, 2.24) is 0 Å². The maximum Gasteiger partial charge on any atom is 0.189 e. The zero-order valence-electron chi connectivity index (χ0n) is 16.7. The second kappa shape index (κ2) is 6.33. The maximum absolute atomic E-state index is 12.9. The van der Waals surface area contributed by atoms with Crippen molar-refractivity contribution in [2.45, 2.75) is 60.8 Å². The summed E-state index contributed by atoms with van der Waals surface area (Å²) >= 11 is 0. The number of ketones is 1. The highest BCUT2D eigenvalue weighted by Gasteiger charge is 2.28. The number of aryl methyl sites for hydroxylation is 1. The van der Waals surface area contributed by atoms with Crippen molar-refractivity contribution in [3.63, 3.8) is 0 Å². The summed E-state index contributed by atoms with van der Waals surface area (Å²) in [7, 11) is 0. The van der Waals surface area contributed by atoms with Gasteiger partial charge >= 0.3 is 0 Å². The summed E-state index contributed by atoms with van der Waals surface area (Å²) in [6.45, 7) is 16.4. The van der Waals surface area contributed by atoms with Crippen LogP contribution in [0, 0.1) is 12.3 Å². The largest absolute Gasteiger partial charge is 0.507 e. The minimum Gasteiger partial charge on any atom is -0.507 e. The van der Waals surface area contributed by atoms with E-state index in [1.165, 1.54) is 0 Å². The molecular formula is C23H30O2. The predicted octanol–water partition coefficient (Wildman–Crippen LogP) is 5.88. The van der Waals surface area contributed by atoms with E-state index in [-0.39, 0.29) is 22.4 Å². The molecule has 2 rings (SSSR count). The van der Waals surface area contributed by atoms with Crippen LogP contribution in [0.25, 0.3) is 6.08 Å². The molecule has 25 heavy (non-hydrogen) atoms. The Labute approximate surface area is 152 Å². The second-order valence-corrected chi connectivity index (χ2v) is 9.13. The summed E-state index contributed by atoms with van der Waals surface area (Å²) in [6.07, 6.45) is 5.69. The molecule has 1 aliphatic carbocycles. The van der Waals surface area contributed by atoms with Gasteiger partial charge in [-0.15, -0.1) is 0 Å². The molecule has 0 aliphatic heterocycles. The van der Waals surface area contributed by atoms with Crippen LogP contribution in [0.5, 0.6) is 5.75 Å². The number of phenols is 1. The van der Waals surface area contributed by atoms with Crippen LogP contribution in [0.2, 0.25) is 0 Å². The fourth-order valence-electron chi connectivity index (χ4n) is 3.12. The summed E-state index contributed by atoms with van der Waals surface area (Å²) in [5.41, 5.74) is 4.79. The molecule has 1 aliphatic rings. The fourth-order valence-corrected chi connectivity index (χ4v) is 3.12. The van der Waals surface area contributed by atoms with Crippen LogP contribution < -0.4 is 0 Å². The summed E-state index contributed by atoms with van der Waals surface area (Å²) in [5, 5.41) is 10.8. The molecule has 1 aromatic rings. The van der Waals surface area contributed by atoms with Gasteiger partial charge in [0.2, 0.25) is 0 Å². The lowest BCUT2D eigenvalue weighted by Crippen LogP contribution is -2.21. The van der Waals surface area contributed by atoms with E-state index in [1.54, 1.807) is 0 Å². The number of benzene rings is 1. The van der Waals surface area contributed by atoms with Gasteiger partial charge in [0.25, 0.3) is 0 Å². The summed E-state index contributed by atoms with van der Waals surface area (Å²) < 4.78 is 0. The zero-order valence-corrected chi connectivity index (χ0v) is 16.7. The van der Waals surface area contributed by atoms with E-state index in [2.05, 4.69) is 41.5 Å². The fraction of sp³-hybridized carbons (Fsp3) is 0.435. The Balaban J connectivity index is 2.61. The average molecular weight is 338 g/mol. The lowest BCUT2D eigenvalue weighted by atomic mass is 9.77. The first-order chi connectivity index (χ1) is 11.3. The van der Waals surface area contributed by atoms with E-state index in [9.17, 15) is 9.90 Å². The minimum absolute atomic E-state index is 0.0383. The third-order valence-electron chi connectivity index (χ3n) is 4.47. The van der Waals surface area contributed by atoms with Gasteiger partial charge in [0.05, 0.1) is 0 Å². The van der Waals surface area contributed by atoms with E-state index in [1.807, 2.05) is 44.2 Å². The van der Waals surface area contributed by atoms with Gasteiger partial charge in [-0.1, -0.05) is 53.7 Å². The zero-order chi connectivity index (χ0) is 19.2. The highest BCUT2D eigenvalue weighted by Crippen LogP contribution is 2.37. The smallest absolute Gasteiger partial charge is 0.189 e. The number of aromatic hydroxyl groups is 1. The molecule has 0 saturated heterocycles. The first-order valence-corrected chi connectivity index (χ1v) is 8.81. The van der Waals surface area contributed by atoms with Crippen LogP contribution in [-0.2, 0) is 10.2 Å². The van der Waals surface area contributed by atoms with Gasteiger partial charge in [-0.05, 0) is 54.0 Å². The number of allylic oxidation sites excluding steroid dienone is 5. The van der Waals surface area contributed by atoms with Crippen molar-refractivity contribution < 1.29 is 9.90 Å². The number of rotatable bonds is 1. The number of phenolic OH excluding ortho intramolecular Hbond substituents is 1. The van der Waals surface area contributed by atoms with Gasteiger partial charge in [0.15, 0.2) is 5.78 Å². The van der Waals surface area contributed by atoms with Crippen molar-refractivity contribution in [3.8, 4) is 5.75 Å². The Bertz CT molecular complexity index is 804. The molecule has 1 aromatic carbocycles. The maximum atomic E-state index is 12.9. The highest BCUT2D eigenvalue weighted by molar-refractivity contribution is 6.15. The standard InChI is InChI=1S/C23H30O2/c1-14-9-16(20(24)18(11-14)22(3,4)5)13-17-10-15(2)12-19(21(17)25)23(6,7)8/h9-13,24H,1-8H3. The summed E-state index contributed by atoms with van der Waals surface area (Å²) in [5.74, 6) is 0.299. The third kappa shape index (κ3) is 4.12. The Kier molecular flexibility index (Phi) is 4.87. The predicted molar refractivity (Wildman–Crippen MR) is 106 cm³/mol. The number of Topliss-reactive ketones (excluding diaryl/α,β-unsaturated/α-hetero) is 1. The molecule has 0 bridgehead atoms. The lowest BCUT2D eigenvalue weighted by Gasteiger charge is -2.26. The van der Waals surface area contributed by atoms with Crippen molar-refractivity contribution >= 4 is 11.9 Å². The van der Waals surface area contributed by atoms with Gasteiger partial charge in [-0.2, -0.15) is 0 Å². The first kappa shape index (κ1) is 19.2. The molecule has 134 valence electrons. The van der Waals surface area contributed by atoms with Crippen LogP contribution in [0.3, 0.4) is 0 Å². The van der Waals surface area contributed by atoms with E-state index in [0.29, 0.717) is 11.1 Å². The van der Waals surface area contributed by atoms with Crippen molar-refractivity contribution in [3.05, 3.63) is 57.7 Å². The minimum atomic E-state index is -0.211. The highest BCUT2D eigenvalue weighted by atomic mass is 16.3. The molecule has 2 nitrogen and oxygen atoms in total. The van der Waals surface area contributed by atoms with Gasteiger partial charge in [-0.25, -0.2) is 0 Å². The molecule has 0 fully saturated rings. The molecule has 0 amide bonds.